The van der Waals surface area contributed by atoms with Crippen molar-refractivity contribution in [3.63, 3.8) is 0 Å². The zero-order chi connectivity index (χ0) is 21.9. The summed E-state index contributed by atoms with van der Waals surface area (Å²) < 4.78 is 5.50. The summed E-state index contributed by atoms with van der Waals surface area (Å²) in [4.78, 5) is 26.5. The summed E-state index contributed by atoms with van der Waals surface area (Å²) in [6.07, 6.45) is 22.4. The van der Waals surface area contributed by atoms with E-state index in [9.17, 15) is 9.59 Å². The zero-order valence-electron chi connectivity index (χ0n) is 20.1. The molecule has 1 saturated heterocycles. The van der Waals surface area contributed by atoms with Gasteiger partial charge in [0.1, 0.15) is 6.04 Å². The van der Waals surface area contributed by atoms with Gasteiger partial charge >= 0.3 is 5.97 Å². The number of hydrogen-bond donors (Lipinski definition) is 0. The van der Waals surface area contributed by atoms with E-state index in [4.69, 9.17) is 4.74 Å². The lowest BCUT2D eigenvalue weighted by atomic mass is 10.0. The lowest BCUT2D eigenvalue weighted by Gasteiger charge is -2.23. The van der Waals surface area contributed by atoms with Gasteiger partial charge in [-0.1, -0.05) is 104 Å². The van der Waals surface area contributed by atoms with Gasteiger partial charge in [0.05, 0.1) is 6.61 Å². The Kier molecular flexibility index (Phi) is 16.8. The maximum absolute atomic E-state index is 12.4. The Hall–Kier alpha value is -1.06. The molecule has 0 radical (unpaired) electrons. The van der Waals surface area contributed by atoms with Crippen molar-refractivity contribution in [1.29, 1.82) is 0 Å². The summed E-state index contributed by atoms with van der Waals surface area (Å²) in [6.45, 7) is 5.62. The number of rotatable bonds is 19. The van der Waals surface area contributed by atoms with Gasteiger partial charge in [-0.3, -0.25) is 4.79 Å². The van der Waals surface area contributed by atoms with Gasteiger partial charge in [-0.2, -0.15) is 0 Å². The summed E-state index contributed by atoms with van der Waals surface area (Å²) in [6, 6.07) is -0.332. The predicted molar refractivity (Wildman–Crippen MR) is 126 cm³/mol. The number of ether oxygens (including phenoxy) is 1. The van der Waals surface area contributed by atoms with Crippen LogP contribution in [0.5, 0.6) is 0 Å². The van der Waals surface area contributed by atoms with Gasteiger partial charge in [0.2, 0.25) is 5.91 Å². The van der Waals surface area contributed by atoms with Crippen LogP contribution in [-0.2, 0) is 14.3 Å². The molecule has 1 atom stereocenters. The monoisotopic (exact) mass is 423 g/mol. The van der Waals surface area contributed by atoms with Gasteiger partial charge in [-0.05, 0) is 25.7 Å². The molecule has 1 fully saturated rings. The van der Waals surface area contributed by atoms with Gasteiger partial charge in [-0.15, -0.1) is 0 Å². The number of carbonyl (C=O) groups is 2. The molecule has 0 aromatic carbocycles. The molecule has 1 aliphatic rings. The van der Waals surface area contributed by atoms with Crippen molar-refractivity contribution < 1.29 is 14.3 Å². The molecule has 1 aliphatic heterocycles. The third-order valence-electron chi connectivity index (χ3n) is 6.33. The van der Waals surface area contributed by atoms with Crippen LogP contribution in [0.15, 0.2) is 0 Å². The van der Waals surface area contributed by atoms with Crippen molar-refractivity contribution in [3.8, 4) is 0 Å². The highest BCUT2D eigenvalue weighted by atomic mass is 16.5. The third kappa shape index (κ3) is 12.6. The normalized spacial score (nSPS) is 16.2. The number of unbranched alkanes of at least 4 members (excludes halogenated alkanes) is 14. The zero-order valence-corrected chi connectivity index (χ0v) is 20.1. The van der Waals surface area contributed by atoms with Crippen molar-refractivity contribution >= 4 is 11.9 Å². The van der Waals surface area contributed by atoms with Crippen LogP contribution in [0.3, 0.4) is 0 Å². The van der Waals surface area contributed by atoms with Gasteiger partial charge in [0.25, 0.3) is 0 Å². The standard InChI is InChI=1S/C26H49NO3/c1-3-5-7-8-9-10-11-12-13-14-15-16-18-23-30-26(29)24-20-19-22-27(24)25(28)21-17-6-4-2/h24H,3-23H2,1-2H3. The van der Waals surface area contributed by atoms with Crippen LogP contribution in [0.1, 0.15) is 136 Å². The average molecular weight is 424 g/mol. The molecular formula is C26H49NO3. The molecule has 0 aromatic heterocycles. The fourth-order valence-corrected chi connectivity index (χ4v) is 4.37. The second-order valence-corrected chi connectivity index (χ2v) is 9.11. The summed E-state index contributed by atoms with van der Waals surface area (Å²) in [5, 5.41) is 0. The Morgan fingerprint density at radius 3 is 1.80 bits per heavy atom. The molecule has 1 amide bonds. The number of likely N-dealkylation sites (tertiary alicyclic amines) is 1. The minimum absolute atomic E-state index is 0.129. The molecule has 0 bridgehead atoms. The van der Waals surface area contributed by atoms with Crippen molar-refractivity contribution in [2.24, 2.45) is 0 Å². The first-order valence-corrected chi connectivity index (χ1v) is 13.2. The van der Waals surface area contributed by atoms with Crippen LogP contribution in [0.25, 0.3) is 0 Å². The molecule has 1 rings (SSSR count). The molecule has 1 unspecified atom stereocenters. The lowest BCUT2D eigenvalue weighted by molar-refractivity contribution is -0.153. The van der Waals surface area contributed by atoms with Crippen molar-refractivity contribution in [2.75, 3.05) is 13.2 Å². The topological polar surface area (TPSA) is 46.6 Å². The summed E-state index contributed by atoms with van der Waals surface area (Å²) in [7, 11) is 0. The predicted octanol–water partition coefficient (Wildman–Crippen LogP) is 7.19. The maximum Gasteiger partial charge on any atom is 0.328 e. The van der Waals surface area contributed by atoms with Crippen molar-refractivity contribution in [2.45, 2.75) is 142 Å². The highest BCUT2D eigenvalue weighted by molar-refractivity contribution is 5.85. The summed E-state index contributed by atoms with van der Waals surface area (Å²) in [5.41, 5.74) is 0. The summed E-state index contributed by atoms with van der Waals surface area (Å²) >= 11 is 0. The SMILES string of the molecule is CCCCCCCCCCCCCCCOC(=O)C1CCCN1C(=O)CCCCC. The highest BCUT2D eigenvalue weighted by Gasteiger charge is 2.34. The Labute approximate surface area is 186 Å². The van der Waals surface area contributed by atoms with Crippen molar-refractivity contribution in [1.82, 2.24) is 4.90 Å². The van der Waals surface area contributed by atoms with E-state index in [-0.39, 0.29) is 17.9 Å². The van der Waals surface area contributed by atoms with Gasteiger partial charge in [0.15, 0.2) is 0 Å². The molecule has 0 aromatic rings. The van der Waals surface area contributed by atoms with Crippen LogP contribution in [0.2, 0.25) is 0 Å². The molecule has 0 N–H and O–H groups in total. The Bertz CT molecular complexity index is 438. The molecule has 0 spiro atoms. The molecule has 176 valence electrons. The van der Waals surface area contributed by atoms with E-state index in [1.807, 2.05) is 0 Å². The van der Waals surface area contributed by atoms with E-state index in [1.54, 1.807) is 4.90 Å². The Morgan fingerprint density at radius 1 is 0.733 bits per heavy atom. The van der Waals surface area contributed by atoms with Crippen LogP contribution in [0.4, 0.5) is 0 Å². The Morgan fingerprint density at radius 2 is 1.23 bits per heavy atom. The fourth-order valence-electron chi connectivity index (χ4n) is 4.37. The van der Waals surface area contributed by atoms with E-state index >= 15 is 0 Å². The second-order valence-electron chi connectivity index (χ2n) is 9.11. The maximum atomic E-state index is 12.4. The first-order chi connectivity index (χ1) is 14.7. The number of nitrogens with zero attached hydrogens (tertiary/aromatic N) is 1. The highest BCUT2D eigenvalue weighted by Crippen LogP contribution is 2.21. The number of hydrogen-bond acceptors (Lipinski definition) is 3. The Balaban J connectivity index is 1.97. The van der Waals surface area contributed by atoms with Gasteiger partial charge in [-0.25, -0.2) is 4.79 Å². The van der Waals surface area contributed by atoms with Gasteiger partial charge < -0.3 is 9.64 Å². The van der Waals surface area contributed by atoms with E-state index in [1.165, 1.54) is 70.6 Å². The lowest BCUT2D eigenvalue weighted by Crippen LogP contribution is -2.41. The van der Waals surface area contributed by atoms with E-state index in [0.29, 0.717) is 19.6 Å². The fraction of sp³-hybridized carbons (Fsp3) is 0.923. The molecule has 30 heavy (non-hydrogen) atoms. The largest absolute Gasteiger partial charge is 0.464 e. The number of amides is 1. The van der Waals surface area contributed by atoms with E-state index < -0.39 is 0 Å². The molecule has 0 aliphatic carbocycles. The van der Waals surface area contributed by atoms with Crippen molar-refractivity contribution in [3.05, 3.63) is 0 Å². The van der Waals surface area contributed by atoms with Crippen LogP contribution < -0.4 is 0 Å². The molecule has 4 nitrogen and oxygen atoms in total. The van der Waals surface area contributed by atoms with Crippen LogP contribution in [-0.4, -0.2) is 36.0 Å². The first kappa shape index (κ1) is 27.0. The quantitative estimate of drug-likeness (QED) is 0.163. The van der Waals surface area contributed by atoms with E-state index in [0.717, 1.165) is 44.9 Å². The van der Waals surface area contributed by atoms with Gasteiger partial charge in [0, 0.05) is 13.0 Å². The molecular weight excluding hydrogens is 374 g/mol. The summed E-state index contributed by atoms with van der Waals surface area (Å²) in [5.74, 6) is -0.0564. The molecule has 4 heteroatoms. The first-order valence-electron chi connectivity index (χ1n) is 13.2. The second kappa shape index (κ2) is 18.7. The van der Waals surface area contributed by atoms with E-state index in [2.05, 4.69) is 13.8 Å². The molecule has 1 heterocycles. The minimum Gasteiger partial charge on any atom is -0.464 e. The van der Waals surface area contributed by atoms with Crippen LogP contribution in [0, 0.1) is 0 Å². The number of carbonyl (C=O) groups excluding carboxylic acids is 2. The van der Waals surface area contributed by atoms with Crippen LogP contribution >= 0.6 is 0 Å². The average Bonchev–Trinajstić information content (AvgIpc) is 3.24. The molecule has 0 saturated carbocycles. The smallest absolute Gasteiger partial charge is 0.328 e. The minimum atomic E-state index is -0.332. The number of esters is 1. The third-order valence-corrected chi connectivity index (χ3v) is 6.33.